The summed E-state index contributed by atoms with van der Waals surface area (Å²) in [5, 5.41) is 20.5. The van der Waals surface area contributed by atoms with Gasteiger partial charge in [0.2, 0.25) is 11.8 Å². The Bertz CT molecular complexity index is 909. The predicted octanol–water partition coefficient (Wildman–Crippen LogP) is 3.49. The van der Waals surface area contributed by atoms with Crippen LogP contribution in [0.1, 0.15) is 5.56 Å². The molecule has 26 heavy (non-hydrogen) atoms. The van der Waals surface area contributed by atoms with E-state index in [9.17, 15) is 9.90 Å². The SMILES string of the molecule is COc1ccc(-c2nnc(SCC(=O)Nc3ccc(O)c(C)c3)o2)cc1. The highest BCUT2D eigenvalue weighted by Gasteiger charge is 2.12. The van der Waals surface area contributed by atoms with Gasteiger partial charge in [-0.1, -0.05) is 11.8 Å². The highest BCUT2D eigenvalue weighted by Crippen LogP contribution is 2.25. The van der Waals surface area contributed by atoms with E-state index in [2.05, 4.69) is 15.5 Å². The Kier molecular flexibility index (Phi) is 5.43. The average Bonchev–Trinajstić information content (AvgIpc) is 3.12. The minimum atomic E-state index is -0.204. The first-order valence-electron chi connectivity index (χ1n) is 7.75. The zero-order chi connectivity index (χ0) is 18.5. The monoisotopic (exact) mass is 371 g/mol. The Labute approximate surface area is 154 Å². The number of nitrogens with zero attached hydrogens (tertiary/aromatic N) is 2. The molecule has 0 saturated carbocycles. The summed E-state index contributed by atoms with van der Waals surface area (Å²) >= 11 is 1.15. The zero-order valence-corrected chi connectivity index (χ0v) is 15.0. The van der Waals surface area contributed by atoms with Gasteiger partial charge in [0, 0.05) is 11.3 Å². The molecule has 0 atom stereocenters. The van der Waals surface area contributed by atoms with Gasteiger partial charge in [-0.05, 0) is 55.0 Å². The van der Waals surface area contributed by atoms with Crippen molar-refractivity contribution in [2.45, 2.75) is 12.1 Å². The fourth-order valence-corrected chi connectivity index (χ4v) is 2.74. The largest absolute Gasteiger partial charge is 0.508 e. The number of hydrogen-bond donors (Lipinski definition) is 2. The number of aromatic hydroxyl groups is 1. The normalized spacial score (nSPS) is 10.5. The summed E-state index contributed by atoms with van der Waals surface area (Å²) in [6, 6.07) is 12.1. The van der Waals surface area contributed by atoms with Crippen molar-refractivity contribution in [3.63, 3.8) is 0 Å². The molecule has 8 heteroatoms. The fourth-order valence-electron chi connectivity index (χ4n) is 2.18. The van der Waals surface area contributed by atoms with Crippen LogP contribution in [0.4, 0.5) is 5.69 Å². The van der Waals surface area contributed by atoms with Crippen molar-refractivity contribution in [3.8, 4) is 23.0 Å². The van der Waals surface area contributed by atoms with Gasteiger partial charge in [0.15, 0.2) is 0 Å². The number of hydrogen-bond acceptors (Lipinski definition) is 7. The number of aromatic nitrogens is 2. The van der Waals surface area contributed by atoms with Gasteiger partial charge in [-0.15, -0.1) is 10.2 Å². The van der Waals surface area contributed by atoms with E-state index in [0.29, 0.717) is 22.4 Å². The molecular formula is C18H17N3O4S. The predicted molar refractivity (Wildman–Crippen MR) is 98.5 cm³/mol. The molecule has 0 spiro atoms. The Morgan fingerprint density at radius 1 is 1.23 bits per heavy atom. The van der Waals surface area contributed by atoms with Gasteiger partial charge in [0.05, 0.1) is 12.9 Å². The number of nitrogens with one attached hydrogen (secondary N) is 1. The van der Waals surface area contributed by atoms with Crippen molar-refractivity contribution >= 4 is 23.4 Å². The van der Waals surface area contributed by atoms with Crippen molar-refractivity contribution in [1.82, 2.24) is 10.2 Å². The molecule has 2 aromatic carbocycles. The topological polar surface area (TPSA) is 97.5 Å². The molecule has 0 saturated heterocycles. The molecule has 7 nitrogen and oxygen atoms in total. The van der Waals surface area contributed by atoms with Gasteiger partial charge in [-0.25, -0.2) is 0 Å². The van der Waals surface area contributed by atoms with E-state index in [1.54, 1.807) is 38.3 Å². The molecule has 3 rings (SSSR count). The third kappa shape index (κ3) is 4.34. The van der Waals surface area contributed by atoms with Crippen molar-refractivity contribution in [2.75, 3.05) is 18.2 Å². The lowest BCUT2D eigenvalue weighted by molar-refractivity contribution is -0.113. The molecule has 1 heterocycles. The number of carbonyl (C=O) groups excluding carboxylic acids is 1. The van der Waals surface area contributed by atoms with Crippen molar-refractivity contribution in [1.29, 1.82) is 0 Å². The summed E-state index contributed by atoms with van der Waals surface area (Å²) in [4.78, 5) is 12.0. The lowest BCUT2D eigenvalue weighted by Gasteiger charge is -2.06. The highest BCUT2D eigenvalue weighted by molar-refractivity contribution is 7.99. The minimum Gasteiger partial charge on any atom is -0.508 e. The fraction of sp³-hybridized carbons (Fsp3) is 0.167. The van der Waals surface area contributed by atoms with E-state index in [1.807, 2.05) is 12.1 Å². The molecule has 0 aliphatic heterocycles. The number of benzene rings is 2. The average molecular weight is 371 g/mol. The number of thioether (sulfide) groups is 1. The lowest BCUT2D eigenvalue weighted by Crippen LogP contribution is -2.14. The van der Waals surface area contributed by atoms with Crippen LogP contribution < -0.4 is 10.1 Å². The molecule has 0 fully saturated rings. The molecular weight excluding hydrogens is 354 g/mol. The summed E-state index contributed by atoms with van der Waals surface area (Å²) in [5.74, 6) is 1.23. The number of ether oxygens (including phenoxy) is 1. The second-order valence-corrected chi connectivity index (χ2v) is 6.37. The van der Waals surface area contributed by atoms with Gasteiger partial charge in [-0.3, -0.25) is 4.79 Å². The Morgan fingerprint density at radius 3 is 2.69 bits per heavy atom. The summed E-state index contributed by atoms with van der Waals surface area (Å²) in [7, 11) is 1.60. The number of rotatable bonds is 6. The smallest absolute Gasteiger partial charge is 0.277 e. The van der Waals surface area contributed by atoms with Gasteiger partial charge in [0.25, 0.3) is 5.22 Å². The third-order valence-electron chi connectivity index (χ3n) is 3.55. The minimum absolute atomic E-state index is 0.129. The summed E-state index contributed by atoms with van der Waals surface area (Å²) in [6.45, 7) is 1.76. The number of carbonyl (C=O) groups is 1. The van der Waals surface area contributed by atoms with Crippen LogP contribution in [0.3, 0.4) is 0 Å². The maximum atomic E-state index is 12.0. The Hall–Kier alpha value is -3.00. The molecule has 0 unspecified atom stereocenters. The number of phenols is 1. The summed E-state index contributed by atoms with van der Waals surface area (Å²) in [5.41, 5.74) is 2.08. The molecule has 1 amide bonds. The summed E-state index contributed by atoms with van der Waals surface area (Å²) in [6.07, 6.45) is 0. The molecule has 0 aliphatic rings. The molecule has 0 aliphatic carbocycles. The molecule has 0 radical (unpaired) electrons. The molecule has 3 aromatic rings. The van der Waals surface area contributed by atoms with Crippen molar-refractivity contribution in [3.05, 3.63) is 48.0 Å². The standard InChI is InChI=1S/C18H17N3O4S/c1-11-9-13(5-8-15(11)22)19-16(23)10-26-18-21-20-17(25-18)12-3-6-14(24-2)7-4-12/h3-9,22H,10H2,1-2H3,(H,19,23). The zero-order valence-electron chi connectivity index (χ0n) is 14.2. The van der Waals surface area contributed by atoms with Crippen LogP contribution in [-0.2, 0) is 4.79 Å². The van der Waals surface area contributed by atoms with Crippen LogP contribution in [0.25, 0.3) is 11.5 Å². The molecule has 2 N–H and O–H groups in total. The molecule has 1 aromatic heterocycles. The first-order valence-corrected chi connectivity index (χ1v) is 8.74. The van der Waals surface area contributed by atoms with Gasteiger partial charge < -0.3 is 19.6 Å². The van der Waals surface area contributed by atoms with Crippen molar-refractivity contribution in [2.24, 2.45) is 0 Å². The van der Waals surface area contributed by atoms with Gasteiger partial charge >= 0.3 is 0 Å². The molecule has 0 bridgehead atoms. The maximum absolute atomic E-state index is 12.0. The number of phenolic OH excluding ortho intramolecular Hbond substituents is 1. The number of methoxy groups -OCH3 is 1. The van der Waals surface area contributed by atoms with Crippen LogP contribution in [0.5, 0.6) is 11.5 Å². The van der Waals surface area contributed by atoms with E-state index in [0.717, 1.165) is 23.1 Å². The Morgan fingerprint density at radius 2 is 2.00 bits per heavy atom. The van der Waals surface area contributed by atoms with E-state index in [4.69, 9.17) is 9.15 Å². The van der Waals surface area contributed by atoms with Crippen LogP contribution >= 0.6 is 11.8 Å². The van der Waals surface area contributed by atoms with E-state index < -0.39 is 0 Å². The van der Waals surface area contributed by atoms with Crippen molar-refractivity contribution < 1.29 is 19.1 Å². The lowest BCUT2D eigenvalue weighted by atomic mass is 10.2. The number of aryl methyl sites for hydroxylation is 1. The van der Waals surface area contributed by atoms with Gasteiger partial charge in [0.1, 0.15) is 11.5 Å². The van der Waals surface area contributed by atoms with Crippen LogP contribution in [0.15, 0.2) is 52.1 Å². The van der Waals surface area contributed by atoms with Gasteiger partial charge in [-0.2, -0.15) is 0 Å². The number of amides is 1. The molecule has 134 valence electrons. The maximum Gasteiger partial charge on any atom is 0.277 e. The van der Waals surface area contributed by atoms with E-state index in [-0.39, 0.29) is 17.4 Å². The van der Waals surface area contributed by atoms with Crippen LogP contribution in [-0.4, -0.2) is 34.1 Å². The van der Waals surface area contributed by atoms with E-state index in [1.165, 1.54) is 6.07 Å². The summed E-state index contributed by atoms with van der Waals surface area (Å²) < 4.78 is 10.7. The third-order valence-corrected chi connectivity index (χ3v) is 4.37. The highest BCUT2D eigenvalue weighted by atomic mass is 32.2. The van der Waals surface area contributed by atoms with Crippen LogP contribution in [0, 0.1) is 6.92 Å². The second-order valence-electron chi connectivity index (χ2n) is 5.44. The van der Waals surface area contributed by atoms with E-state index >= 15 is 0 Å². The first-order chi connectivity index (χ1) is 12.5. The van der Waals surface area contributed by atoms with Crippen LogP contribution in [0.2, 0.25) is 0 Å². The number of anilines is 1. The second kappa shape index (κ2) is 7.92. The first kappa shape index (κ1) is 17.8. The Balaban J connectivity index is 1.56. The quantitative estimate of drug-likeness (QED) is 0.505.